The molecule has 2 rings (SSSR count). The number of carbonyl (C=O) groups is 1. The first kappa shape index (κ1) is 12.6. The molecule has 0 bridgehead atoms. The molecule has 0 unspecified atom stereocenters. The Morgan fingerprint density at radius 2 is 2.33 bits per heavy atom. The molecule has 0 aliphatic rings. The van der Waals surface area contributed by atoms with E-state index < -0.39 is 0 Å². The van der Waals surface area contributed by atoms with Crippen LogP contribution < -0.4 is 11.1 Å². The van der Waals surface area contributed by atoms with E-state index in [1.807, 2.05) is 19.9 Å². The third kappa shape index (κ3) is 2.22. The first-order valence-corrected chi connectivity index (χ1v) is 6.38. The summed E-state index contributed by atoms with van der Waals surface area (Å²) in [6.45, 7) is 8.02. The van der Waals surface area contributed by atoms with Crippen molar-refractivity contribution in [2.24, 2.45) is 0 Å². The van der Waals surface area contributed by atoms with Crippen LogP contribution in [0.3, 0.4) is 0 Å². The molecule has 0 atom stereocenters. The molecule has 0 aliphatic carbocycles. The maximum atomic E-state index is 12.0. The van der Waals surface area contributed by atoms with E-state index in [2.05, 4.69) is 16.9 Å². The first-order valence-electron chi connectivity index (χ1n) is 5.57. The fourth-order valence-electron chi connectivity index (χ4n) is 1.68. The van der Waals surface area contributed by atoms with Crippen molar-refractivity contribution in [1.82, 2.24) is 10.3 Å². The molecule has 0 aromatic carbocycles. The molecule has 0 aliphatic heterocycles. The number of hydrogen-bond acceptors (Lipinski definition) is 4. The lowest BCUT2D eigenvalue weighted by atomic mass is 10.2. The lowest BCUT2D eigenvalue weighted by Gasteiger charge is -2.03. The van der Waals surface area contributed by atoms with Crippen LogP contribution in [0, 0.1) is 6.92 Å². The van der Waals surface area contributed by atoms with E-state index in [9.17, 15) is 4.79 Å². The second kappa shape index (κ2) is 4.78. The van der Waals surface area contributed by atoms with Crippen LogP contribution in [-0.2, 0) is 0 Å². The number of thiophene rings is 1. The maximum Gasteiger partial charge on any atom is 0.263 e. The third-order valence-electron chi connectivity index (χ3n) is 2.59. The number of nitrogens with two attached hydrogens (primary N) is 1. The summed E-state index contributed by atoms with van der Waals surface area (Å²) < 4.78 is 0. The molecule has 2 heterocycles. The SMILES string of the molecule is C=C(C)CNC(=O)c1sc2nccc(C)c2c1N. The normalized spacial score (nSPS) is 10.6. The van der Waals surface area contributed by atoms with Gasteiger partial charge in [0.2, 0.25) is 0 Å². The standard InChI is InChI=1S/C13H15N3OS/c1-7(2)6-16-12(17)11-10(14)9-8(3)4-5-15-13(9)18-11/h4-5H,1,6,14H2,2-3H3,(H,16,17). The highest BCUT2D eigenvalue weighted by Crippen LogP contribution is 2.34. The van der Waals surface area contributed by atoms with Gasteiger partial charge in [-0.1, -0.05) is 12.2 Å². The van der Waals surface area contributed by atoms with Crippen molar-refractivity contribution in [1.29, 1.82) is 0 Å². The minimum Gasteiger partial charge on any atom is -0.397 e. The van der Waals surface area contributed by atoms with Crippen molar-refractivity contribution in [3.05, 3.63) is 34.9 Å². The highest BCUT2D eigenvalue weighted by Gasteiger charge is 2.17. The Kier molecular flexibility index (Phi) is 3.34. The van der Waals surface area contributed by atoms with Gasteiger partial charge < -0.3 is 11.1 Å². The van der Waals surface area contributed by atoms with Gasteiger partial charge in [0.15, 0.2) is 0 Å². The van der Waals surface area contributed by atoms with E-state index in [4.69, 9.17) is 5.73 Å². The number of aryl methyl sites for hydroxylation is 1. The molecule has 0 saturated heterocycles. The van der Waals surface area contributed by atoms with Gasteiger partial charge in [-0.05, 0) is 25.5 Å². The quantitative estimate of drug-likeness (QED) is 0.834. The van der Waals surface area contributed by atoms with E-state index >= 15 is 0 Å². The molecule has 94 valence electrons. The Hall–Kier alpha value is -1.88. The minimum absolute atomic E-state index is 0.169. The van der Waals surface area contributed by atoms with Crippen molar-refractivity contribution in [3.8, 4) is 0 Å². The van der Waals surface area contributed by atoms with Crippen molar-refractivity contribution in [2.75, 3.05) is 12.3 Å². The zero-order chi connectivity index (χ0) is 13.3. The summed E-state index contributed by atoms with van der Waals surface area (Å²) in [7, 11) is 0. The van der Waals surface area contributed by atoms with Gasteiger partial charge >= 0.3 is 0 Å². The van der Waals surface area contributed by atoms with E-state index in [1.165, 1.54) is 11.3 Å². The van der Waals surface area contributed by atoms with Crippen LogP contribution in [0.25, 0.3) is 10.2 Å². The molecule has 0 radical (unpaired) electrons. The van der Waals surface area contributed by atoms with Gasteiger partial charge in [0.25, 0.3) is 5.91 Å². The van der Waals surface area contributed by atoms with Crippen molar-refractivity contribution in [3.63, 3.8) is 0 Å². The lowest BCUT2D eigenvalue weighted by Crippen LogP contribution is -2.24. The van der Waals surface area contributed by atoms with E-state index in [1.54, 1.807) is 6.20 Å². The summed E-state index contributed by atoms with van der Waals surface area (Å²) in [5, 5.41) is 3.66. The van der Waals surface area contributed by atoms with E-state index in [-0.39, 0.29) is 5.91 Å². The van der Waals surface area contributed by atoms with Gasteiger partial charge in [0, 0.05) is 18.1 Å². The Balaban J connectivity index is 2.40. The summed E-state index contributed by atoms with van der Waals surface area (Å²) in [5.41, 5.74) is 8.48. The number of hydrogen-bond donors (Lipinski definition) is 2. The van der Waals surface area contributed by atoms with Crippen LogP contribution in [0.15, 0.2) is 24.4 Å². The molecule has 1 amide bonds. The van der Waals surface area contributed by atoms with Gasteiger partial charge in [0.05, 0.1) is 5.69 Å². The van der Waals surface area contributed by atoms with Crippen molar-refractivity contribution >= 4 is 33.1 Å². The molecule has 4 nitrogen and oxygen atoms in total. The van der Waals surface area contributed by atoms with Gasteiger partial charge in [-0.3, -0.25) is 4.79 Å². The van der Waals surface area contributed by atoms with Gasteiger partial charge in [-0.25, -0.2) is 4.98 Å². The molecule has 2 aromatic heterocycles. The van der Waals surface area contributed by atoms with Crippen molar-refractivity contribution < 1.29 is 4.79 Å². The van der Waals surface area contributed by atoms with E-state index in [0.717, 1.165) is 21.4 Å². The predicted molar refractivity (Wildman–Crippen MR) is 75.9 cm³/mol. The van der Waals surface area contributed by atoms with Crippen LogP contribution in [0.1, 0.15) is 22.2 Å². The monoisotopic (exact) mass is 261 g/mol. The third-order valence-corrected chi connectivity index (χ3v) is 3.71. The van der Waals surface area contributed by atoms with Crippen LogP contribution >= 0.6 is 11.3 Å². The molecule has 0 fully saturated rings. The zero-order valence-corrected chi connectivity index (χ0v) is 11.2. The van der Waals surface area contributed by atoms with Crippen LogP contribution in [0.4, 0.5) is 5.69 Å². The number of fused-ring (bicyclic) bond motifs is 1. The maximum absolute atomic E-state index is 12.0. The highest BCUT2D eigenvalue weighted by molar-refractivity contribution is 7.21. The molecular weight excluding hydrogens is 246 g/mol. The van der Waals surface area contributed by atoms with Gasteiger partial charge in [0.1, 0.15) is 9.71 Å². The number of pyridine rings is 1. The zero-order valence-electron chi connectivity index (χ0n) is 10.4. The smallest absolute Gasteiger partial charge is 0.263 e. The fraction of sp³-hybridized carbons (Fsp3) is 0.231. The number of anilines is 1. The summed E-state index contributed by atoms with van der Waals surface area (Å²) >= 11 is 1.32. The summed E-state index contributed by atoms with van der Waals surface area (Å²) in [6.07, 6.45) is 1.73. The van der Waals surface area contributed by atoms with Gasteiger partial charge in [-0.15, -0.1) is 11.3 Å². The summed E-state index contributed by atoms with van der Waals surface area (Å²) in [5.74, 6) is -0.169. The minimum atomic E-state index is -0.169. The molecule has 18 heavy (non-hydrogen) atoms. The topological polar surface area (TPSA) is 68.0 Å². The van der Waals surface area contributed by atoms with E-state index in [0.29, 0.717) is 17.1 Å². The molecule has 2 aromatic rings. The molecular formula is C13H15N3OS. The lowest BCUT2D eigenvalue weighted by molar-refractivity contribution is 0.0962. The average molecular weight is 261 g/mol. The number of amides is 1. The Bertz CT molecular complexity index is 630. The van der Waals surface area contributed by atoms with Crippen LogP contribution in [-0.4, -0.2) is 17.4 Å². The molecule has 5 heteroatoms. The number of nitrogen functional groups attached to an aromatic ring is 1. The second-order valence-electron chi connectivity index (χ2n) is 4.29. The first-order chi connectivity index (χ1) is 8.50. The Labute approximate surface area is 110 Å². The fourth-order valence-corrected chi connectivity index (χ4v) is 2.74. The number of rotatable bonds is 3. The van der Waals surface area contributed by atoms with Crippen LogP contribution in [0.2, 0.25) is 0 Å². The Morgan fingerprint density at radius 1 is 1.61 bits per heavy atom. The number of carbonyl (C=O) groups excluding carboxylic acids is 1. The van der Waals surface area contributed by atoms with Crippen LogP contribution in [0.5, 0.6) is 0 Å². The molecule has 3 N–H and O–H groups in total. The largest absolute Gasteiger partial charge is 0.397 e. The highest BCUT2D eigenvalue weighted by atomic mass is 32.1. The molecule has 0 spiro atoms. The Morgan fingerprint density at radius 3 is 2.94 bits per heavy atom. The van der Waals surface area contributed by atoms with Gasteiger partial charge in [-0.2, -0.15) is 0 Å². The number of nitrogens with one attached hydrogen (secondary N) is 1. The average Bonchev–Trinajstić information content (AvgIpc) is 2.65. The number of aromatic nitrogens is 1. The summed E-state index contributed by atoms with van der Waals surface area (Å²) in [6, 6.07) is 1.89. The molecule has 0 saturated carbocycles. The van der Waals surface area contributed by atoms with Crippen molar-refractivity contribution in [2.45, 2.75) is 13.8 Å². The predicted octanol–water partition coefficient (Wildman–Crippen LogP) is 2.49. The number of nitrogens with zero attached hydrogens (tertiary/aromatic N) is 1. The second-order valence-corrected chi connectivity index (χ2v) is 5.29. The summed E-state index contributed by atoms with van der Waals surface area (Å²) in [4.78, 5) is 17.6.